The Balaban J connectivity index is 1.64. The van der Waals surface area contributed by atoms with E-state index in [4.69, 9.17) is 9.47 Å². The Kier molecular flexibility index (Phi) is 6.54. The molecule has 1 amide bonds. The predicted octanol–water partition coefficient (Wildman–Crippen LogP) is 3.08. The lowest BCUT2D eigenvalue weighted by atomic mass is 10.2. The molecule has 146 valence electrons. The van der Waals surface area contributed by atoms with Crippen LogP contribution in [0.25, 0.3) is 5.69 Å². The molecule has 0 saturated heterocycles. The zero-order valence-corrected chi connectivity index (χ0v) is 16.8. The quantitative estimate of drug-likeness (QED) is 0.588. The van der Waals surface area contributed by atoms with Crippen molar-refractivity contribution in [3.05, 3.63) is 60.4 Å². The minimum atomic E-state index is -0.337. The molecule has 0 bridgehead atoms. The smallest absolute Gasteiger partial charge is 0.233 e. The molecule has 2 aromatic carbocycles. The molecule has 1 unspecified atom stereocenters. The van der Waals surface area contributed by atoms with Gasteiger partial charge in [-0.15, -0.1) is 10.2 Å². The summed E-state index contributed by atoms with van der Waals surface area (Å²) in [7, 11) is 3.24. The molecule has 8 heteroatoms. The summed E-state index contributed by atoms with van der Waals surface area (Å²) in [6, 6.07) is 15.2. The Morgan fingerprint density at radius 2 is 1.89 bits per heavy atom. The lowest BCUT2D eigenvalue weighted by Crippen LogP contribution is -2.30. The van der Waals surface area contributed by atoms with Crippen molar-refractivity contribution in [2.24, 2.45) is 0 Å². The van der Waals surface area contributed by atoms with E-state index in [0.717, 1.165) is 17.0 Å². The van der Waals surface area contributed by atoms with Gasteiger partial charge in [0.2, 0.25) is 5.91 Å². The van der Waals surface area contributed by atoms with Crippen LogP contribution in [0.1, 0.15) is 12.5 Å². The number of benzene rings is 2. The van der Waals surface area contributed by atoms with Gasteiger partial charge in [-0.3, -0.25) is 9.36 Å². The summed E-state index contributed by atoms with van der Waals surface area (Å²) < 4.78 is 12.4. The lowest BCUT2D eigenvalue weighted by molar-refractivity contribution is -0.120. The summed E-state index contributed by atoms with van der Waals surface area (Å²) in [6.45, 7) is 2.29. The molecule has 0 spiro atoms. The second-order valence-corrected chi connectivity index (χ2v) is 7.29. The van der Waals surface area contributed by atoms with Crippen molar-refractivity contribution in [2.75, 3.05) is 14.2 Å². The minimum Gasteiger partial charge on any atom is -0.497 e. The van der Waals surface area contributed by atoms with Crippen LogP contribution < -0.4 is 14.8 Å². The zero-order valence-electron chi connectivity index (χ0n) is 16.0. The van der Waals surface area contributed by atoms with E-state index < -0.39 is 0 Å². The van der Waals surface area contributed by atoms with Gasteiger partial charge in [-0.1, -0.05) is 36.0 Å². The van der Waals surface area contributed by atoms with E-state index in [-0.39, 0.29) is 11.2 Å². The van der Waals surface area contributed by atoms with Gasteiger partial charge >= 0.3 is 0 Å². The Hall–Kier alpha value is -3.00. The van der Waals surface area contributed by atoms with Gasteiger partial charge in [-0.05, 0) is 36.8 Å². The van der Waals surface area contributed by atoms with Crippen LogP contribution >= 0.6 is 11.8 Å². The van der Waals surface area contributed by atoms with Crippen LogP contribution in [0, 0.1) is 0 Å². The number of methoxy groups -OCH3 is 2. The maximum atomic E-state index is 12.5. The third-order valence-electron chi connectivity index (χ3n) is 4.14. The molecule has 0 saturated carbocycles. The van der Waals surface area contributed by atoms with Gasteiger partial charge in [0.05, 0.1) is 25.2 Å². The first-order valence-corrected chi connectivity index (χ1v) is 9.61. The Morgan fingerprint density at radius 3 is 2.61 bits per heavy atom. The fourth-order valence-corrected chi connectivity index (χ4v) is 3.45. The van der Waals surface area contributed by atoms with E-state index in [2.05, 4.69) is 15.5 Å². The van der Waals surface area contributed by atoms with Crippen LogP contribution in [0.5, 0.6) is 11.5 Å². The number of rotatable bonds is 8. The molecule has 0 radical (unpaired) electrons. The second-order valence-electron chi connectivity index (χ2n) is 5.98. The van der Waals surface area contributed by atoms with Crippen LogP contribution in [0.15, 0.2) is 60.0 Å². The summed E-state index contributed by atoms with van der Waals surface area (Å²) in [5.41, 5.74) is 1.83. The minimum absolute atomic E-state index is 0.0737. The SMILES string of the molecule is COc1ccc(CNC(=O)C(C)Sc2nncn2-c2ccccc2OC)cc1. The first-order valence-electron chi connectivity index (χ1n) is 8.73. The number of carbonyl (C=O) groups is 1. The van der Waals surface area contributed by atoms with Crippen LogP contribution in [0.4, 0.5) is 0 Å². The van der Waals surface area contributed by atoms with Crippen molar-refractivity contribution in [3.8, 4) is 17.2 Å². The highest BCUT2D eigenvalue weighted by molar-refractivity contribution is 8.00. The van der Waals surface area contributed by atoms with Crippen LogP contribution in [0.3, 0.4) is 0 Å². The second kappa shape index (κ2) is 9.27. The molecule has 1 atom stereocenters. The largest absolute Gasteiger partial charge is 0.497 e. The van der Waals surface area contributed by atoms with E-state index in [1.807, 2.05) is 60.0 Å². The Morgan fingerprint density at radius 1 is 1.14 bits per heavy atom. The summed E-state index contributed by atoms with van der Waals surface area (Å²) >= 11 is 1.34. The van der Waals surface area contributed by atoms with Crippen molar-refractivity contribution in [1.82, 2.24) is 20.1 Å². The molecule has 0 aliphatic carbocycles. The third-order valence-corrected chi connectivity index (χ3v) is 5.20. The van der Waals surface area contributed by atoms with E-state index in [1.165, 1.54) is 11.8 Å². The van der Waals surface area contributed by atoms with Gasteiger partial charge in [0.25, 0.3) is 0 Å². The molecule has 3 aromatic rings. The number of amides is 1. The molecule has 1 heterocycles. The van der Waals surface area contributed by atoms with Gasteiger partial charge < -0.3 is 14.8 Å². The van der Waals surface area contributed by atoms with E-state index in [9.17, 15) is 4.79 Å². The van der Waals surface area contributed by atoms with Gasteiger partial charge in [-0.2, -0.15) is 0 Å². The van der Waals surface area contributed by atoms with E-state index in [1.54, 1.807) is 20.5 Å². The fourth-order valence-electron chi connectivity index (χ4n) is 2.59. The predicted molar refractivity (Wildman–Crippen MR) is 108 cm³/mol. The first kappa shape index (κ1) is 19.8. The highest BCUT2D eigenvalue weighted by Gasteiger charge is 2.19. The number of thioether (sulfide) groups is 1. The van der Waals surface area contributed by atoms with Gasteiger partial charge in [0, 0.05) is 6.54 Å². The van der Waals surface area contributed by atoms with Crippen LogP contribution in [-0.4, -0.2) is 40.1 Å². The molecule has 0 aliphatic rings. The van der Waals surface area contributed by atoms with E-state index in [0.29, 0.717) is 17.5 Å². The normalized spacial score (nSPS) is 11.7. The summed E-state index contributed by atoms with van der Waals surface area (Å²) in [5, 5.41) is 11.4. The molecule has 0 aliphatic heterocycles. The average Bonchev–Trinajstić information content (AvgIpc) is 3.20. The van der Waals surface area contributed by atoms with Gasteiger partial charge in [0.15, 0.2) is 5.16 Å². The standard InChI is InChI=1S/C20H22N4O3S/c1-14(19(25)21-12-15-8-10-16(26-2)11-9-15)28-20-23-22-13-24(20)17-6-4-5-7-18(17)27-3/h4-11,13-14H,12H2,1-3H3,(H,21,25). The number of aromatic nitrogens is 3. The molecule has 28 heavy (non-hydrogen) atoms. The number of para-hydroxylation sites is 2. The van der Waals surface area contributed by atoms with Gasteiger partial charge in [-0.25, -0.2) is 0 Å². The molecule has 1 aromatic heterocycles. The molecule has 7 nitrogen and oxygen atoms in total. The van der Waals surface area contributed by atoms with Crippen molar-refractivity contribution >= 4 is 17.7 Å². The van der Waals surface area contributed by atoms with Crippen LogP contribution in [0.2, 0.25) is 0 Å². The Bertz CT molecular complexity index is 927. The maximum Gasteiger partial charge on any atom is 0.233 e. The van der Waals surface area contributed by atoms with Gasteiger partial charge in [0.1, 0.15) is 17.8 Å². The summed E-state index contributed by atoms with van der Waals surface area (Å²) in [5.74, 6) is 1.42. The number of nitrogens with zero attached hydrogens (tertiary/aromatic N) is 3. The lowest BCUT2D eigenvalue weighted by Gasteiger charge is -2.14. The topological polar surface area (TPSA) is 78.3 Å². The van der Waals surface area contributed by atoms with Crippen molar-refractivity contribution in [3.63, 3.8) is 0 Å². The van der Waals surface area contributed by atoms with Crippen LogP contribution in [-0.2, 0) is 11.3 Å². The number of hydrogen-bond acceptors (Lipinski definition) is 6. The highest BCUT2D eigenvalue weighted by Crippen LogP contribution is 2.28. The monoisotopic (exact) mass is 398 g/mol. The molecule has 3 rings (SSSR count). The van der Waals surface area contributed by atoms with Crippen molar-refractivity contribution < 1.29 is 14.3 Å². The third kappa shape index (κ3) is 4.64. The zero-order chi connectivity index (χ0) is 19.9. The summed E-state index contributed by atoms with van der Waals surface area (Å²) in [6.07, 6.45) is 1.61. The Labute approximate surface area is 168 Å². The number of carbonyl (C=O) groups excluding carboxylic acids is 1. The maximum absolute atomic E-state index is 12.5. The molecule has 1 N–H and O–H groups in total. The molecular formula is C20H22N4O3S. The average molecular weight is 398 g/mol. The first-order chi connectivity index (χ1) is 13.6. The number of ether oxygens (including phenoxy) is 2. The molecular weight excluding hydrogens is 376 g/mol. The number of hydrogen-bond donors (Lipinski definition) is 1. The molecule has 0 fully saturated rings. The van der Waals surface area contributed by atoms with E-state index >= 15 is 0 Å². The summed E-state index contributed by atoms with van der Waals surface area (Å²) in [4.78, 5) is 12.5. The van der Waals surface area contributed by atoms with Crippen molar-refractivity contribution in [2.45, 2.75) is 23.9 Å². The fraction of sp³-hybridized carbons (Fsp3) is 0.250. The number of nitrogens with one attached hydrogen (secondary N) is 1. The van der Waals surface area contributed by atoms with Crippen molar-refractivity contribution in [1.29, 1.82) is 0 Å². The highest BCUT2D eigenvalue weighted by atomic mass is 32.2.